The van der Waals surface area contributed by atoms with Gasteiger partial charge in [0, 0.05) is 6.54 Å². The molecular weight excluding hydrogens is 590 g/mol. The van der Waals surface area contributed by atoms with Crippen LogP contribution in [0.1, 0.15) is 77.0 Å². The fourth-order valence-electron chi connectivity index (χ4n) is 10.3. The van der Waals surface area contributed by atoms with Crippen LogP contribution in [0, 0.1) is 35.5 Å². The van der Waals surface area contributed by atoms with Crippen LogP contribution in [0.5, 0.6) is 0 Å². The molecule has 0 aliphatic heterocycles. The zero-order valence-corrected chi connectivity index (χ0v) is 28.6. The number of hydrogen-bond donors (Lipinski definition) is 2. The molecule has 46 heavy (non-hydrogen) atoms. The Balaban J connectivity index is 0.000000181. The Kier molecular flexibility index (Phi) is 15.8. The van der Waals surface area contributed by atoms with Crippen LogP contribution in [0.3, 0.4) is 0 Å². The molecule has 0 radical (unpaired) electrons. The number of aliphatic hydroxyl groups is 1. The molecule has 0 spiro atoms. The highest BCUT2D eigenvalue weighted by atomic mass is 16.6. The van der Waals surface area contributed by atoms with E-state index in [1.807, 2.05) is 0 Å². The second-order valence-electron chi connectivity index (χ2n) is 15.1. The molecule has 10 heteroatoms. The third kappa shape index (κ3) is 11.9. The largest absolute Gasteiger partial charge is 0.394 e. The molecule has 0 heterocycles. The topological polar surface area (TPSA) is 120 Å². The molecule has 0 unspecified atom stereocenters. The lowest BCUT2D eigenvalue weighted by molar-refractivity contribution is -0.169. The molecule has 8 saturated carbocycles. The first kappa shape index (κ1) is 36.9. The van der Waals surface area contributed by atoms with Crippen molar-refractivity contribution < 1.29 is 43.0 Å². The first-order valence-corrected chi connectivity index (χ1v) is 18.6. The van der Waals surface area contributed by atoms with E-state index in [0.717, 1.165) is 42.1 Å². The Morgan fingerprint density at radius 1 is 0.391 bits per heavy atom. The summed E-state index contributed by atoms with van der Waals surface area (Å²) in [4.78, 5) is 0. The average molecular weight is 656 g/mol. The summed E-state index contributed by atoms with van der Waals surface area (Å²) in [7, 11) is 0. The average Bonchev–Trinajstić information content (AvgIpc) is 3.01. The number of rotatable bonds is 24. The minimum absolute atomic E-state index is 0.0623. The fourth-order valence-corrected chi connectivity index (χ4v) is 10.3. The maximum atomic E-state index is 8.56. The summed E-state index contributed by atoms with van der Waals surface area (Å²) in [5.41, 5.74) is 5.73. The molecule has 8 rings (SSSR count). The molecule has 8 aliphatic carbocycles. The van der Waals surface area contributed by atoms with Crippen molar-refractivity contribution in [2.45, 2.75) is 88.3 Å². The predicted molar refractivity (Wildman–Crippen MR) is 175 cm³/mol. The minimum Gasteiger partial charge on any atom is -0.394 e. The molecule has 0 aromatic rings. The lowest BCUT2D eigenvalue weighted by Crippen LogP contribution is -2.52. The number of aliphatic hydroxyl groups excluding tert-OH is 1. The highest BCUT2D eigenvalue weighted by Crippen LogP contribution is 2.58. The molecule has 0 aromatic heterocycles. The molecule has 0 aromatic carbocycles. The van der Waals surface area contributed by atoms with Gasteiger partial charge in [-0.2, -0.15) is 0 Å². The van der Waals surface area contributed by atoms with Gasteiger partial charge in [0.05, 0.1) is 110 Å². The number of nitrogens with two attached hydrogens (primary N) is 1. The zero-order chi connectivity index (χ0) is 31.9. The molecule has 10 nitrogen and oxygen atoms in total. The first-order valence-electron chi connectivity index (χ1n) is 18.6. The van der Waals surface area contributed by atoms with E-state index in [9.17, 15) is 0 Å². The summed E-state index contributed by atoms with van der Waals surface area (Å²) in [5, 5.41) is 8.56. The van der Waals surface area contributed by atoms with Crippen LogP contribution in [0.15, 0.2) is 0 Å². The van der Waals surface area contributed by atoms with E-state index in [1.165, 1.54) is 77.0 Å². The van der Waals surface area contributed by atoms with Crippen LogP contribution in [0.25, 0.3) is 0 Å². The monoisotopic (exact) mass is 655 g/mol. The van der Waals surface area contributed by atoms with Crippen molar-refractivity contribution in [3.05, 3.63) is 0 Å². The van der Waals surface area contributed by atoms with Gasteiger partial charge in [0.15, 0.2) is 0 Å². The SMILES string of the molecule is NCCOCCOCCOCCOC12CC3CC(CC(C3)C1)C2.OCCOCCOCCOCCOC12CC3CC(CC(C3)C1)C2. The molecular formula is C36H65NO9. The highest BCUT2D eigenvalue weighted by molar-refractivity contribution is 5.04. The van der Waals surface area contributed by atoms with E-state index in [4.69, 9.17) is 48.7 Å². The van der Waals surface area contributed by atoms with Gasteiger partial charge in [-0.05, 0) is 113 Å². The Labute approximate surface area is 278 Å². The predicted octanol–water partition coefficient (Wildman–Crippen LogP) is 3.99. The van der Waals surface area contributed by atoms with E-state index in [0.29, 0.717) is 92.4 Å². The second kappa shape index (κ2) is 19.7. The molecule has 0 saturated heterocycles. The Morgan fingerprint density at radius 2 is 0.652 bits per heavy atom. The van der Waals surface area contributed by atoms with Crippen molar-refractivity contribution in [1.29, 1.82) is 0 Å². The van der Waals surface area contributed by atoms with Crippen molar-refractivity contribution in [2.75, 3.05) is 106 Å². The van der Waals surface area contributed by atoms with Gasteiger partial charge in [0.25, 0.3) is 0 Å². The smallest absolute Gasteiger partial charge is 0.0708 e. The normalized spacial score (nSPS) is 35.1. The molecule has 8 fully saturated rings. The van der Waals surface area contributed by atoms with Crippen molar-refractivity contribution in [3.8, 4) is 0 Å². The highest BCUT2D eigenvalue weighted by Gasteiger charge is 2.52. The van der Waals surface area contributed by atoms with Gasteiger partial charge in [-0.1, -0.05) is 0 Å². The van der Waals surface area contributed by atoms with Gasteiger partial charge in [-0.25, -0.2) is 0 Å². The number of hydrogen-bond acceptors (Lipinski definition) is 10. The lowest BCUT2D eigenvalue weighted by Gasteiger charge is -2.56. The quantitative estimate of drug-likeness (QED) is 0.148. The Morgan fingerprint density at radius 3 is 0.935 bits per heavy atom. The summed E-state index contributed by atoms with van der Waals surface area (Å²) < 4.78 is 45.0. The molecule has 3 N–H and O–H groups in total. The molecule has 0 atom stereocenters. The van der Waals surface area contributed by atoms with E-state index < -0.39 is 0 Å². The van der Waals surface area contributed by atoms with Crippen LogP contribution in [0.4, 0.5) is 0 Å². The van der Waals surface area contributed by atoms with Gasteiger partial charge in [0.2, 0.25) is 0 Å². The third-order valence-corrected chi connectivity index (χ3v) is 11.2. The van der Waals surface area contributed by atoms with Crippen molar-refractivity contribution in [2.24, 2.45) is 41.2 Å². The Bertz CT molecular complexity index is 693. The lowest BCUT2D eigenvalue weighted by atomic mass is 9.54. The summed E-state index contributed by atoms with van der Waals surface area (Å²) in [6, 6.07) is 0. The van der Waals surface area contributed by atoms with E-state index >= 15 is 0 Å². The van der Waals surface area contributed by atoms with Gasteiger partial charge < -0.3 is 48.7 Å². The van der Waals surface area contributed by atoms with Crippen LogP contribution in [-0.4, -0.2) is 122 Å². The standard InChI is InChI=1S/C18H33NO4.C18H32O5/c2*19-1-2-20-3-4-21-5-6-22-7-8-23-18-12-15-9-16(13-18)11-17(10-15)14-18/h15-17H,1-14,19H2;15-17,19H,1-14H2. The van der Waals surface area contributed by atoms with Gasteiger partial charge >= 0.3 is 0 Å². The van der Waals surface area contributed by atoms with E-state index in [1.54, 1.807) is 0 Å². The zero-order valence-electron chi connectivity index (χ0n) is 28.6. The van der Waals surface area contributed by atoms with E-state index in [-0.39, 0.29) is 17.8 Å². The summed E-state index contributed by atoms with van der Waals surface area (Å²) in [6.07, 6.45) is 16.5. The fraction of sp³-hybridized carbons (Fsp3) is 1.00. The molecule has 8 aliphatic rings. The summed E-state index contributed by atoms with van der Waals surface area (Å²) in [6.45, 7) is 9.08. The molecule has 268 valence electrons. The minimum atomic E-state index is 0.0623. The van der Waals surface area contributed by atoms with Crippen molar-refractivity contribution in [3.63, 3.8) is 0 Å². The van der Waals surface area contributed by atoms with Gasteiger partial charge in [-0.15, -0.1) is 0 Å². The molecule has 8 bridgehead atoms. The van der Waals surface area contributed by atoms with Crippen molar-refractivity contribution >= 4 is 0 Å². The summed E-state index contributed by atoms with van der Waals surface area (Å²) in [5.74, 6) is 5.63. The van der Waals surface area contributed by atoms with Crippen LogP contribution < -0.4 is 5.73 Å². The van der Waals surface area contributed by atoms with Gasteiger partial charge in [0.1, 0.15) is 0 Å². The van der Waals surface area contributed by atoms with Crippen molar-refractivity contribution in [1.82, 2.24) is 0 Å². The van der Waals surface area contributed by atoms with E-state index in [2.05, 4.69) is 0 Å². The van der Waals surface area contributed by atoms with Crippen LogP contribution in [-0.2, 0) is 37.9 Å². The van der Waals surface area contributed by atoms with Crippen LogP contribution >= 0.6 is 0 Å². The maximum Gasteiger partial charge on any atom is 0.0708 e. The van der Waals surface area contributed by atoms with Gasteiger partial charge in [-0.3, -0.25) is 0 Å². The van der Waals surface area contributed by atoms with Crippen LogP contribution in [0.2, 0.25) is 0 Å². The Hall–Kier alpha value is -0.400. The second-order valence-corrected chi connectivity index (χ2v) is 15.1. The summed E-state index contributed by atoms with van der Waals surface area (Å²) >= 11 is 0. The first-order chi connectivity index (χ1) is 22.6. The molecule has 0 amide bonds. The number of ether oxygens (including phenoxy) is 8. The maximum absolute atomic E-state index is 8.56. The third-order valence-electron chi connectivity index (χ3n) is 11.2.